The summed E-state index contributed by atoms with van der Waals surface area (Å²) >= 11 is 0. The lowest BCUT2D eigenvalue weighted by Crippen LogP contribution is -2.12. The fourth-order valence-electron chi connectivity index (χ4n) is 1.89. The molecule has 3 heteroatoms. The highest BCUT2D eigenvalue weighted by Crippen LogP contribution is 2.16. The van der Waals surface area contributed by atoms with E-state index >= 15 is 0 Å². The second-order valence-electron chi connectivity index (χ2n) is 4.38. The summed E-state index contributed by atoms with van der Waals surface area (Å²) in [4.78, 5) is 12.1. The molecule has 0 atom stereocenters. The highest BCUT2D eigenvalue weighted by Gasteiger charge is 2.11. The van der Waals surface area contributed by atoms with Crippen molar-refractivity contribution in [3.8, 4) is 0 Å². The fourth-order valence-corrected chi connectivity index (χ4v) is 1.89. The van der Waals surface area contributed by atoms with Gasteiger partial charge in [-0.1, -0.05) is 6.07 Å². The van der Waals surface area contributed by atoms with Crippen molar-refractivity contribution in [2.75, 3.05) is 0 Å². The first-order valence-corrected chi connectivity index (χ1v) is 5.66. The minimum absolute atomic E-state index is 0.106. The molecule has 0 bridgehead atoms. The molecule has 2 aromatic rings. The van der Waals surface area contributed by atoms with Crippen molar-refractivity contribution in [3.63, 3.8) is 0 Å². The van der Waals surface area contributed by atoms with Crippen LogP contribution in [0.25, 0.3) is 0 Å². The number of hydrogen-bond donors (Lipinski definition) is 0. The van der Waals surface area contributed by atoms with Gasteiger partial charge >= 0.3 is 0 Å². The Morgan fingerprint density at radius 3 is 2.53 bits per heavy atom. The molecule has 0 aliphatic rings. The van der Waals surface area contributed by atoms with Gasteiger partial charge in [-0.25, -0.2) is 0 Å². The van der Waals surface area contributed by atoms with Gasteiger partial charge in [-0.15, -0.1) is 0 Å². The molecule has 0 amide bonds. The van der Waals surface area contributed by atoms with Crippen molar-refractivity contribution in [1.29, 1.82) is 0 Å². The Bertz CT molecular complexity index is 542. The lowest BCUT2D eigenvalue weighted by Gasteiger charge is -2.09. The van der Waals surface area contributed by atoms with Crippen molar-refractivity contribution >= 4 is 5.78 Å². The monoisotopic (exact) mass is 228 g/mol. The lowest BCUT2D eigenvalue weighted by atomic mass is 9.98. The van der Waals surface area contributed by atoms with E-state index in [2.05, 4.69) is 18.1 Å². The predicted molar refractivity (Wildman–Crippen MR) is 67.2 cm³/mol. The molecule has 1 aromatic heterocycles. The summed E-state index contributed by atoms with van der Waals surface area (Å²) < 4.78 is 1.65. The van der Waals surface area contributed by atoms with Gasteiger partial charge in [0.2, 0.25) is 0 Å². The van der Waals surface area contributed by atoms with Gasteiger partial charge in [0.25, 0.3) is 0 Å². The Kier molecular flexibility index (Phi) is 3.09. The first kappa shape index (κ1) is 11.6. The topological polar surface area (TPSA) is 34.9 Å². The van der Waals surface area contributed by atoms with Crippen LogP contribution in [0.5, 0.6) is 0 Å². The Morgan fingerprint density at radius 1 is 1.18 bits per heavy atom. The van der Waals surface area contributed by atoms with Crippen LogP contribution in [-0.4, -0.2) is 15.6 Å². The SMILES string of the molecule is Cc1cc(C)c(C(=O)Cn2cccn2)cc1C. The number of carbonyl (C=O) groups is 1. The molecule has 1 heterocycles. The molecule has 3 nitrogen and oxygen atoms in total. The van der Waals surface area contributed by atoms with E-state index in [9.17, 15) is 4.79 Å². The summed E-state index contributed by atoms with van der Waals surface area (Å²) in [6, 6.07) is 5.85. The van der Waals surface area contributed by atoms with Crippen LogP contribution in [-0.2, 0) is 6.54 Å². The first-order chi connectivity index (χ1) is 8.08. The van der Waals surface area contributed by atoms with E-state index in [4.69, 9.17) is 0 Å². The maximum atomic E-state index is 12.1. The van der Waals surface area contributed by atoms with Crippen molar-refractivity contribution in [3.05, 3.63) is 52.8 Å². The van der Waals surface area contributed by atoms with Crippen LogP contribution >= 0.6 is 0 Å². The van der Waals surface area contributed by atoms with Gasteiger partial charge in [0.05, 0.1) is 0 Å². The van der Waals surface area contributed by atoms with Crippen molar-refractivity contribution in [2.24, 2.45) is 0 Å². The summed E-state index contributed by atoms with van der Waals surface area (Å²) in [5.41, 5.74) is 4.20. The number of rotatable bonds is 3. The van der Waals surface area contributed by atoms with E-state index in [0.29, 0.717) is 6.54 Å². The lowest BCUT2D eigenvalue weighted by molar-refractivity contribution is 0.0967. The minimum Gasteiger partial charge on any atom is -0.292 e. The van der Waals surface area contributed by atoms with Gasteiger partial charge in [0.15, 0.2) is 5.78 Å². The molecule has 0 fully saturated rings. The van der Waals surface area contributed by atoms with E-state index in [-0.39, 0.29) is 5.78 Å². The van der Waals surface area contributed by atoms with Crippen LogP contribution in [0.1, 0.15) is 27.0 Å². The van der Waals surface area contributed by atoms with E-state index < -0.39 is 0 Å². The van der Waals surface area contributed by atoms with E-state index in [1.807, 2.05) is 26.0 Å². The third-order valence-electron chi connectivity index (χ3n) is 3.01. The molecule has 88 valence electrons. The fraction of sp³-hybridized carbons (Fsp3) is 0.286. The van der Waals surface area contributed by atoms with Crippen LogP contribution in [0.3, 0.4) is 0 Å². The van der Waals surface area contributed by atoms with Crippen LogP contribution < -0.4 is 0 Å². The van der Waals surface area contributed by atoms with E-state index in [1.54, 1.807) is 17.1 Å². The van der Waals surface area contributed by atoms with E-state index in [0.717, 1.165) is 16.7 Å². The number of ketones is 1. The molecule has 1 aromatic carbocycles. The maximum Gasteiger partial charge on any atom is 0.184 e. The molecule has 0 saturated heterocycles. The van der Waals surface area contributed by atoms with Gasteiger partial charge in [-0.05, 0) is 49.6 Å². The third kappa shape index (κ3) is 2.44. The van der Waals surface area contributed by atoms with Crippen LogP contribution in [0, 0.1) is 20.8 Å². The molecule has 2 rings (SSSR count). The Labute approximate surface area is 101 Å². The molecule has 0 saturated carbocycles. The number of aromatic nitrogens is 2. The van der Waals surface area contributed by atoms with Crippen molar-refractivity contribution < 1.29 is 4.79 Å². The van der Waals surface area contributed by atoms with Crippen LogP contribution in [0.4, 0.5) is 0 Å². The number of carbonyl (C=O) groups excluding carboxylic acids is 1. The number of aryl methyl sites for hydroxylation is 3. The van der Waals surface area contributed by atoms with Crippen LogP contribution in [0.15, 0.2) is 30.6 Å². The zero-order chi connectivity index (χ0) is 12.4. The van der Waals surface area contributed by atoms with Crippen LogP contribution in [0.2, 0.25) is 0 Å². The van der Waals surface area contributed by atoms with Crippen molar-refractivity contribution in [1.82, 2.24) is 9.78 Å². The molecular formula is C14H16N2O. The zero-order valence-corrected chi connectivity index (χ0v) is 10.4. The quantitative estimate of drug-likeness (QED) is 0.757. The smallest absolute Gasteiger partial charge is 0.184 e. The predicted octanol–water partition coefficient (Wildman–Crippen LogP) is 2.69. The largest absolute Gasteiger partial charge is 0.292 e. The molecule has 0 aliphatic heterocycles. The average molecular weight is 228 g/mol. The summed E-state index contributed by atoms with van der Waals surface area (Å²) in [7, 11) is 0. The number of benzene rings is 1. The maximum absolute atomic E-state index is 12.1. The number of Topliss-reactive ketones (excluding diaryl/α,β-unsaturated/α-hetero) is 1. The number of hydrogen-bond acceptors (Lipinski definition) is 2. The highest BCUT2D eigenvalue weighted by atomic mass is 16.1. The van der Waals surface area contributed by atoms with Gasteiger partial charge < -0.3 is 0 Å². The molecule has 0 unspecified atom stereocenters. The average Bonchev–Trinajstić information content (AvgIpc) is 2.76. The Morgan fingerprint density at radius 2 is 1.88 bits per heavy atom. The molecule has 0 N–H and O–H groups in total. The normalized spacial score (nSPS) is 10.5. The Balaban J connectivity index is 2.28. The van der Waals surface area contributed by atoms with Gasteiger partial charge in [-0.3, -0.25) is 9.48 Å². The molecule has 0 radical (unpaired) electrons. The second kappa shape index (κ2) is 4.53. The summed E-state index contributed by atoms with van der Waals surface area (Å²) in [5, 5.41) is 4.05. The molecule has 17 heavy (non-hydrogen) atoms. The minimum atomic E-state index is 0.106. The molecule has 0 aliphatic carbocycles. The standard InChI is InChI=1S/C14H16N2O/c1-10-7-12(3)13(8-11(10)2)14(17)9-16-6-4-5-15-16/h4-8H,9H2,1-3H3. The van der Waals surface area contributed by atoms with Gasteiger partial charge in [0.1, 0.15) is 6.54 Å². The zero-order valence-electron chi connectivity index (χ0n) is 10.4. The summed E-state index contributed by atoms with van der Waals surface area (Å²) in [6.07, 6.45) is 3.48. The molecular weight excluding hydrogens is 212 g/mol. The summed E-state index contributed by atoms with van der Waals surface area (Å²) in [5.74, 6) is 0.106. The molecule has 0 spiro atoms. The van der Waals surface area contributed by atoms with Gasteiger partial charge in [0, 0.05) is 18.0 Å². The van der Waals surface area contributed by atoms with Gasteiger partial charge in [-0.2, -0.15) is 5.10 Å². The van der Waals surface area contributed by atoms with Crippen molar-refractivity contribution in [2.45, 2.75) is 27.3 Å². The highest BCUT2D eigenvalue weighted by molar-refractivity contribution is 5.97. The summed E-state index contributed by atoms with van der Waals surface area (Å²) in [6.45, 7) is 6.36. The third-order valence-corrected chi connectivity index (χ3v) is 3.01. The number of nitrogens with zero attached hydrogens (tertiary/aromatic N) is 2. The first-order valence-electron chi connectivity index (χ1n) is 5.66. The van der Waals surface area contributed by atoms with E-state index in [1.165, 1.54) is 5.56 Å². The Hall–Kier alpha value is -1.90. The second-order valence-corrected chi connectivity index (χ2v) is 4.38.